The summed E-state index contributed by atoms with van der Waals surface area (Å²) >= 11 is 0. The zero-order valence-electron chi connectivity index (χ0n) is 15.8. The van der Waals surface area contributed by atoms with Crippen LogP contribution in [-0.2, 0) is 0 Å². The summed E-state index contributed by atoms with van der Waals surface area (Å²) in [6.45, 7) is 11.7. The van der Waals surface area contributed by atoms with Crippen molar-refractivity contribution in [2.24, 2.45) is 0 Å². The van der Waals surface area contributed by atoms with E-state index in [0.717, 1.165) is 42.9 Å². The van der Waals surface area contributed by atoms with Crippen LogP contribution in [0.5, 0.6) is 0 Å². The Balaban J connectivity index is 1.88. The van der Waals surface area contributed by atoms with Crippen LogP contribution < -0.4 is 5.32 Å². The van der Waals surface area contributed by atoms with Gasteiger partial charge in [0.05, 0.1) is 38.3 Å². The van der Waals surface area contributed by atoms with Gasteiger partial charge in [0.15, 0.2) is 11.6 Å². The summed E-state index contributed by atoms with van der Waals surface area (Å²) in [4.78, 5) is 25.8. The number of carbonyl (C=O) groups excluding carboxylic acids is 2. The molecule has 26 heavy (non-hydrogen) atoms. The van der Waals surface area contributed by atoms with Gasteiger partial charge in [-0.15, -0.1) is 0 Å². The van der Waals surface area contributed by atoms with Gasteiger partial charge in [0.2, 0.25) is 0 Å². The first-order chi connectivity index (χ1) is 12.6. The topological polar surface area (TPSA) is 46.2 Å². The molecule has 2 aromatic carbocycles. The molecule has 0 heterocycles. The number of nitrogens with one attached hydrogen (secondary N) is 1. The van der Waals surface area contributed by atoms with Crippen molar-refractivity contribution in [1.29, 1.82) is 0 Å². The number of hydrogen-bond acceptors (Lipinski definition) is 3. The average molecular weight is 351 g/mol. The second-order valence-corrected chi connectivity index (χ2v) is 6.87. The lowest BCUT2D eigenvalue weighted by Gasteiger charge is -2.36. The van der Waals surface area contributed by atoms with Gasteiger partial charge in [0, 0.05) is 22.4 Å². The van der Waals surface area contributed by atoms with Crippen molar-refractivity contribution in [3.8, 4) is 0 Å². The van der Waals surface area contributed by atoms with E-state index in [-0.39, 0.29) is 11.6 Å². The minimum Gasteiger partial charge on any atom is -0.379 e. The van der Waals surface area contributed by atoms with Gasteiger partial charge < -0.3 is 9.80 Å². The normalized spacial score (nSPS) is 13.3. The van der Waals surface area contributed by atoms with Crippen molar-refractivity contribution in [3.63, 3.8) is 0 Å². The van der Waals surface area contributed by atoms with E-state index in [2.05, 4.69) is 26.1 Å². The Morgan fingerprint density at radius 3 is 1.96 bits per heavy atom. The smallest absolute Gasteiger partial charge is 0.196 e. The van der Waals surface area contributed by atoms with Crippen molar-refractivity contribution >= 4 is 17.3 Å². The van der Waals surface area contributed by atoms with Crippen LogP contribution >= 0.6 is 0 Å². The van der Waals surface area contributed by atoms with Crippen molar-refractivity contribution in [1.82, 2.24) is 0 Å². The van der Waals surface area contributed by atoms with Gasteiger partial charge in [-0.3, -0.25) is 9.59 Å². The molecule has 4 nitrogen and oxygen atoms in total. The largest absolute Gasteiger partial charge is 0.379 e. The second kappa shape index (κ2) is 7.42. The van der Waals surface area contributed by atoms with E-state index in [1.54, 1.807) is 30.3 Å². The summed E-state index contributed by atoms with van der Waals surface area (Å²) in [5.41, 5.74) is 2.78. The molecule has 0 radical (unpaired) electrons. The summed E-state index contributed by atoms with van der Waals surface area (Å²) in [6, 6.07) is 12.6. The van der Waals surface area contributed by atoms with E-state index in [9.17, 15) is 9.59 Å². The van der Waals surface area contributed by atoms with Crippen molar-refractivity contribution < 1.29 is 14.1 Å². The Hall–Kier alpha value is -2.46. The number of carbonyl (C=O) groups is 2. The van der Waals surface area contributed by atoms with Crippen LogP contribution in [-0.4, -0.2) is 48.8 Å². The number of ketones is 2. The Kier molecular flexibility index (Phi) is 5.23. The van der Waals surface area contributed by atoms with Crippen molar-refractivity contribution in [3.05, 3.63) is 64.7 Å². The summed E-state index contributed by atoms with van der Waals surface area (Å²) in [5.74, 6) is -0.139. The highest BCUT2D eigenvalue weighted by atomic mass is 16.1. The highest BCUT2D eigenvalue weighted by Gasteiger charge is 2.31. The lowest BCUT2D eigenvalue weighted by Crippen LogP contribution is -2.50. The van der Waals surface area contributed by atoms with Crippen LogP contribution in [0.25, 0.3) is 0 Å². The predicted octanol–water partition coefficient (Wildman–Crippen LogP) is 3.75. The van der Waals surface area contributed by atoms with E-state index >= 15 is 0 Å². The van der Waals surface area contributed by atoms with Crippen LogP contribution in [0.3, 0.4) is 0 Å². The molecule has 0 fully saturated rings. The van der Waals surface area contributed by atoms with Gasteiger partial charge >= 0.3 is 0 Å². The summed E-state index contributed by atoms with van der Waals surface area (Å²) in [7, 11) is 0. The molecule has 2 aromatic rings. The Morgan fingerprint density at radius 1 is 0.769 bits per heavy atom. The Labute approximate surface area is 155 Å². The lowest BCUT2D eigenvalue weighted by atomic mass is 9.83. The van der Waals surface area contributed by atoms with Gasteiger partial charge in [-0.05, 0) is 26.8 Å². The maximum atomic E-state index is 13.0. The van der Waals surface area contributed by atoms with Crippen molar-refractivity contribution in [2.45, 2.75) is 20.8 Å². The maximum absolute atomic E-state index is 13.0. The number of quaternary nitrogens is 1. The van der Waals surface area contributed by atoms with Gasteiger partial charge in [-0.1, -0.05) is 36.4 Å². The molecular formula is C22H27N2O2+. The molecule has 1 aliphatic carbocycles. The standard InChI is InChI=1S/C22H26N2O2/c1-4-24(5-2,6-3)15-14-23-19-13-9-12-18-20(19)22(26)17-11-8-7-10-16(17)21(18)25/h7-13H,4-6,14-15H2,1-3H3/p+1. The fourth-order valence-corrected chi connectivity index (χ4v) is 3.87. The molecule has 1 aliphatic rings. The average Bonchev–Trinajstić information content (AvgIpc) is 2.69. The number of fused-ring (bicyclic) bond motifs is 2. The summed E-state index contributed by atoms with van der Waals surface area (Å²) in [5, 5.41) is 3.42. The quantitative estimate of drug-likeness (QED) is 0.660. The lowest BCUT2D eigenvalue weighted by molar-refractivity contribution is -0.921. The van der Waals surface area contributed by atoms with Crippen LogP contribution in [0.2, 0.25) is 0 Å². The first kappa shape index (κ1) is 18.3. The molecule has 0 amide bonds. The zero-order chi connectivity index (χ0) is 18.7. The minimum atomic E-state index is -0.0698. The third-order valence-electron chi connectivity index (χ3n) is 5.87. The Morgan fingerprint density at radius 2 is 1.35 bits per heavy atom. The molecule has 4 heteroatoms. The highest BCUT2D eigenvalue weighted by molar-refractivity contribution is 6.30. The van der Waals surface area contributed by atoms with Crippen molar-refractivity contribution in [2.75, 3.05) is 38.0 Å². The number of hydrogen-bond donors (Lipinski definition) is 1. The number of nitrogens with zero attached hydrogens (tertiary/aromatic N) is 1. The van der Waals surface area contributed by atoms with Crippen LogP contribution in [0.15, 0.2) is 42.5 Å². The summed E-state index contributed by atoms with van der Waals surface area (Å²) in [6.07, 6.45) is 0. The molecule has 0 saturated carbocycles. The maximum Gasteiger partial charge on any atom is 0.196 e. The predicted molar refractivity (Wildman–Crippen MR) is 105 cm³/mol. The number of likely N-dealkylation sites (N-methyl/N-ethyl adjacent to an activating group) is 1. The number of rotatable bonds is 7. The first-order valence-electron chi connectivity index (χ1n) is 9.47. The molecule has 0 saturated heterocycles. The van der Waals surface area contributed by atoms with Gasteiger partial charge in [-0.25, -0.2) is 0 Å². The molecule has 0 unspecified atom stereocenters. The fraction of sp³-hybridized carbons (Fsp3) is 0.364. The van der Waals surface area contributed by atoms with Crippen LogP contribution in [0.1, 0.15) is 52.6 Å². The molecular weight excluding hydrogens is 324 g/mol. The third kappa shape index (κ3) is 3.06. The molecule has 136 valence electrons. The SMILES string of the molecule is CC[N+](CC)(CC)CCNc1cccc2c1C(=O)c1ccccc1C2=O. The van der Waals surface area contributed by atoms with Crippen LogP contribution in [0.4, 0.5) is 5.69 Å². The molecule has 0 aliphatic heterocycles. The number of anilines is 1. The minimum absolute atomic E-state index is 0.0690. The Bertz CT molecular complexity index is 830. The molecule has 3 rings (SSSR count). The van der Waals surface area contributed by atoms with Gasteiger partial charge in [0.25, 0.3) is 0 Å². The second-order valence-electron chi connectivity index (χ2n) is 6.87. The molecule has 1 N–H and O–H groups in total. The number of benzene rings is 2. The van der Waals surface area contributed by atoms with Gasteiger partial charge in [-0.2, -0.15) is 0 Å². The zero-order valence-corrected chi connectivity index (χ0v) is 15.8. The van der Waals surface area contributed by atoms with E-state index < -0.39 is 0 Å². The van der Waals surface area contributed by atoms with E-state index in [1.165, 1.54) is 0 Å². The van der Waals surface area contributed by atoms with E-state index in [0.29, 0.717) is 22.3 Å². The van der Waals surface area contributed by atoms with E-state index in [1.807, 2.05) is 12.1 Å². The first-order valence-corrected chi connectivity index (χ1v) is 9.47. The fourth-order valence-electron chi connectivity index (χ4n) is 3.87. The van der Waals surface area contributed by atoms with E-state index in [4.69, 9.17) is 0 Å². The van der Waals surface area contributed by atoms with Crippen LogP contribution in [0, 0.1) is 0 Å². The van der Waals surface area contributed by atoms with Gasteiger partial charge in [0.1, 0.15) is 0 Å². The molecule has 0 spiro atoms. The molecule has 0 aromatic heterocycles. The summed E-state index contributed by atoms with van der Waals surface area (Å²) < 4.78 is 1.04. The molecule has 0 bridgehead atoms. The monoisotopic (exact) mass is 351 g/mol. The third-order valence-corrected chi connectivity index (χ3v) is 5.87. The molecule has 0 atom stereocenters. The highest BCUT2D eigenvalue weighted by Crippen LogP contribution is 2.31.